The second kappa shape index (κ2) is 15.3. The molecular formula is C26H29Cl2F5N6O4. The fourth-order valence-electron chi connectivity index (χ4n) is 4.18. The van der Waals surface area contributed by atoms with Gasteiger partial charge >= 0.3 is 6.18 Å². The molecule has 2 amide bonds. The number of halogens is 7. The maximum absolute atomic E-state index is 12.5. The number of alkyl halides is 5. The molecule has 0 unspecified atom stereocenters. The first kappa shape index (κ1) is 34.1. The first-order valence-corrected chi connectivity index (χ1v) is 13.7. The Morgan fingerprint density at radius 3 is 2.44 bits per heavy atom. The van der Waals surface area contributed by atoms with Gasteiger partial charge in [-0.25, -0.2) is 8.78 Å². The van der Waals surface area contributed by atoms with E-state index in [-0.39, 0.29) is 57.7 Å². The Morgan fingerprint density at radius 1 is 1.16 bits per heavy atom. The SMILES string of the molecule is COCC(=O)NCc1ccc(Cl)c(Nc2nc3nc(OCC(F)F)c(C(N)=O)cc3[nH]2)c1Cl.FC(F)(F)C1CCCCC1. The van der Waals surface area contributed by atoms with E-state index in [9.17, 15) is 31.5 Å². The summed E-state index contributed by atoms with van der Waals surface area (Å²) in [6.45, 7) is -0.937. The Kier molecular flexibility index (Phi) is 12.2. The van der Waals surface area contributed by atoms with Crippen LogP contribution in [0.2, 0.25) is 10.0 Å². The van der Waals surface area contributed by atoms with E-state index in [0.29, 0.717) is 24.1 Å². The molecule has 0 aliphatic heterocycles. The topological polar surface area (TPSA) is 144 Å². The Balaban J connectivity index is 0.000000428. The number of nitrogens with two attached hydrogens (primary N) is 1. The van der Waals surface area contributed by atoms with Crippen LogP contribution in [0.4, 0.5) is 33.6 Å². The number of nitrogens with one attached hydrogen (secondary N) is 3. The summed E-state index contributed by atoms with van der Waals surface area (Å²) in [6, 6.07) is 4.51. The number of carbonyl (C=O) groups excluding carboxylic acids is 2. The van der Waals surface area contributed by atoms with Crippen LogP contribution in [0.3, 0.4) is 0 Å². The van der Waals surface area contributed by atoms with Gasteiger partial charge in [-0.15, -0.1) is 0 Å². The lowest BCUT2D eigenvalue weighted by Gasteiger charge is -2.23. The van der Waals surface area contributed by atoms with Crippen molar-refractivity contribution >= 4 is 57.8 Å². The standard InChI is InChI=1S/C19H18Cl2F2N6O4.C7H11F3/c1-32-7-13(30)25-5-8-2-3-10(20)15(14(8)21)27-19-26-11-4-9(16(24)31)18(28-17(11)29-19)33-6-12(22)23;8-7(9,10)6-4-2-1-3-5-6/h2-4,12H,5-7H2,1H3,(H2,24,31)(H,25,30)(H2,26,27,28,29);6H,1-5H2. The molecule has 3 aromatic rings. The van der Waals surface area contributed by atoms with Crippen LogP contribution in [0.5, 0.6) is 5.88 Å². The number of nitrogens with zero attached hydrogens (tertiary/aromatic N) is 2. The van der Waals surface area contributed by atoms with Crippen molar-refractivity contribution in [3.63, 3.8) is 0 Å². The predicted octanol–water partition coefficient (Wildman–Crippen LogP) is 6.14. The van der Waals surface area contributed by atoms with E-state index in [0.717, 1.165) is 19.3 Å². The molecule has 0 saturated heterocycles. The second-order valence-electron chi connectivity index (χ2n) is 9.47. The minimum Gasteiger partial charge on any atom is -0.471 e. The third-order valence-corrected chi connectivity index (χ3v) is 7.03. The van der Waals surface area contributed by atoms with Gasteiger partial charge in [0, 0.05) is 13.7 Å². The van der Waals surface area contributed by atoms with E-state index in [1.807, 2.05) is 0 Å². The Labute approximate surface area is 252 Å². The van der Waals surface area contributed by atoms with Gasteiger partial charge in [0.15, 0.2) is 12.3 Å². The van der Waals surface area contributed by atoms with E-state index in [1.165, 1.54) is 13.2 Å². The molecule has 236 valence electrons. The normalized spacial score (nSPS) is 13.9. The number of anilines is 2. The number of methoxy groups -OCH3 is 1. The zero-order valence-electron chi connectivity index (χ0n) is 22.8. The molecule has 0 spiro atoms. The van der Waals surface area contributed by atoms with Crippen LogP contribution in [0.25, 0.3) is 11.2 Å². The van der Waals surface area contributed by atoms with E-state index < -0.39 is 31.0 Å². The van der Waals surface area contributed by atoms with Gasteiger partial charge in [-0.2, -0.15) is 23.1 Å². The molecule has 1 aromatic carbocycles. The van der Waals surface area contributed by atoms with Crippen molar-refractivity contribution in [3.05, 3.63) is 39.4 Å². The van der Waals surface area contributed by atoms with Crippen LogP contribution in [-0.4, -0.2) is 59.7 Å². The number of ether oxygens (including phenoxy) is 2. The van der Waals surface area contributed by atoms with Gasteiger partial charge in [0.2, 0.25) is 17.7 Å². The molecule has 1 aliphatic carbocycles. The number of imidazole rings is 1. The van der Waals surface area contributed by atoms with Crippen LogP contribution in [-0.2, 0) is 16.1 Å². The Morgan fingerprint density at radius 2 is 1.86 bits per heavy atom. The zero-order valence-corrected chi connectivity index (χ0v) is 24.3. The third kappa shape index (κ3) is 9.79. The number of fused-ring (bicyclic) bond motifs is 1. The van der Waals surface area contributed by atoms with Gasteiger partial charge in [0.25, 0.3) is 12.3 Å². The van der Waals surface area contributed by atoms with Crippen molar-refractivity contribution in [1.29, 1.82) is 0 Å². The molecule has 4 rings (SSSR count). The largest absolute Gasteiger partial charge is 0.471 e. The van der Waals surface area contributed by atoms with Gasteiger partial charge in [0.05, 0.1) is 27.2 Å². The van der Waals surface area contributed by atoms with Crippen molar-refractivity contribution in [2.75, 3.05) is 25.6 Å². The highest BCUT2D eigenvalue weighted by atomic mass is 35.5. The molecule has 10 nitrogen and oxygen atoms in total. The molecule has 43 heavy (non-hydrogen) atoms. The summed E-state index contributed by atoms with van der Waals surface area (Å²) in [6.07, 6.45) is -3.51. The molecule has 1 aliphatic rings. The van der Waals surface area contributed by atoms with E-state index in [2.05, 4.69) is 25.6 Å². The summed E-state index contributed by atoms with van der Waals surface area (Å²) < 4.78 is 70.5. The van der Waals surface area contributed by atoms with Crippen molar-refractivity contribution in [3.8, 4) is 5.88 Å². The number of rotatable bonds is 10. The maximum atomic E-state index is 12.5. The highest BCUT2D eigenvalue weighted by Crippen LogP contribution is 2.37. The fraction of sp³-hybridized carbons (Fsp3) is 0.462. The first-order valence-electron chi connectivity index (χ1n) is 13.0. The molecule has 2 heterocycles. The molecule has 0 atom stereocenters. The third-order valence-electron chi connectivity index (χ3n) is 6.28. The summed E-state index contributed by atoms with van der Waals surface area (Å²) in [5.74, 6) is -2.45. The number of aromatic amines is 1. The predicted molar refractivity (Wildman–Crippen MR) is 150 cm³/mol. The molecule has 17 heteroatoms. The summed E-state index contributed by atoms with van der Waals surface area (Å²) in [4.78, 5) is 34.4. The van der Waals surface area contributed by atoms with Gasteiger partial charge < -0.3 is 30.8 Å². The zero-order chi connectivity index (χ0) is 31.7. The minimum absolute atomic E-state index is 0.0713. The molecule has 5 N–H and O–H groups in total. The molecular weight excluding hydrogens is 626 g/mol. The minimum atomic E-state index is -3.93. The molecule has 2 aromatic heterocycles. The van der Waals surface area contributed by atoms with Crippen LogP contribution < -0.4 is 21.1 Å². The fourth-order valence-corrected chi connectivity index (χ4v) is 4.72. The van der Waals surface area contributed by atoms with Gasteiger partial charge in [0.1, 0.15) is 12.2 Å². The Bertz CT molecular complexity index is 1420. The van der Waals surface area contributed by atoms with Crippen molar-refractivity contribution in [1.82, 2.24) is 20.3 Å². The molecule has 1 fully saturated rings. The lowest BCUT2D eigenvalue weighted by atomic mass is 9.89. The average molecular weight is 655 g/mol. The lowest BCUT2D eigenvalue weighted by Crippen LogP contribution is -2.26. The molecule has 1 saturated carbocycles. The van der Waals surface area contributed by atoms with Gasteiger partial charge in [-0.1, -0.05) is 48.5 Å². The van der Waals surface area contributed by atoms with Gasteiger partial charge in [-0.05, 0) is 30.5 Å². The Hall–Kier alpha value is -3.43. The highest BCUT2D eigenvalue weighted by Gasteiger charge is 2.39. The number of primary amides is 1. The maximum Gasteiger partial charge on any atom is 0.391 e. The second-order valence-corrected chi connectivity index (χ2v) is 10.3. The van der Waals surface area contributed by atoms with E-state index >= 15 is 0 Å². The lowest BCUT2D eigenvalue weighted by molar-refractivity contribution is -0.181. The van der Waals surface area contributed by atoms with Gasteiger partial charge in [-0.3, -0.25) is 9.59 Å². The number of pyridine rings is 1. The monoisotopic (exact) mass is 654 g/mol. The van der Waals surface area contributed by atoms with Crippen LogP contribution >= 0.6 is 23.2 Å². The first-order chi connectivity index (χ1) is 20.3. The smallest absolute Gasteiger partial charge is 0.391 e. The van der Waals surface area contributed by atoms with Crippen molar-refractivity contribution in [2.24, 2.45) is 11.7 Å². The van der Waals surface area contributed by atoms with Crippen LogP contribution in [0.15, 0.2) is 18.2 Å². The van der Waals surface area contributed by atoms with Crippen LogP contribution in [0.1, 0.15) is 48.0 Å². The number of carbonyl (C=O) groups is 2. The van der Waals surface area contributed by atoms with E-state index in [4.69, 9.17) is 38.4 Å². The number of benzene rings is 1. The highest BCUT2D eigenvalue weighted by molar-refractivity contribution is 6.39. The molecule has 0 radical (unpaired) electrons. The number of amides is 2. The number of aromatic nitrogens is 3. The summed E-state index contributed by atoms with van der Waals surface area (Å²) >= 11 is 12.7. The van der Waals surface area contributed by atoms with Crippen LogP contribution in [0, 0.1) is 5.92 Å². The quantitative estimate of drug-likeness (QED) is 0.192. The number of H-pyrrole nitrogens is 1. The summed E-state index contributed by atoms with van der Waals surface area (Å²) in [5.41, 5.74) is 6.32. The number of hydrogen-bond acceptors (Lipinski definition) is 7. The van der Waals surface area contributed by atoms with Crippen molar-refractivity contribution < 1.29 is 41.0 Å². The number of hydrogen-bond donors (Lipinski definition) is 4. The van der Waals surface area contributed by atoms with E-state index in [1.54, 1.807) is 12.1 Å². The molecule has 0 bridgehead atoms. The summed E-state index contributed by atoms with van der Waals surface area (Å²) in [5, 5.41) is 6.06. The average Bonchev–Trinajstić information content (AvgIpc) is 3.35. The van der Waals surface area contributed by atoms with Crippen molar-refractivity contribution in [2.45, 2.75) is 51.3 Å². The summed E-state index contributed by atoms with van der Waals surface area (Å²) in [7, 11) is 1.40.